The summed E-state index contributed by atoms with van der Waals surface area (Å²) in [6.45, 7) is 4.66. The van der Waals surface area contributed by atoms with E-state index in [1.807, 2.05) is 73.3 Å². The predicted octanol–water partition coefficient (Wildman–Crippen LogP) is 3.39. The van der Waals surface area contributed by atoms with E-state index in [4.69, 9.17) is 5.73 Å². The fourth-order valence-corrected chi connectivity index (χ4v) is 2.79. The minimum Gasteiger partial charge on any atom is -0.397 e. The summed E-state index contributed by atoms with van der Waals surface area (Å²) in [6, 6.07) is 17.6. The van der Waals surface area contributed by atoms with E-state index in [0.717, 1.165) is 16.9 Å². The van der Waals surface area contributed by atoms with Crippen molar-refractivity contribution in [1.29, 1.82) is 0 Å². The Morgan fingerprint density at radius 2 is 1.70 bits per heavy atom. The van der Waals surface area contributed by atoms with Crippen LogP contribution >= 0.6 is 0 Å². The van der Waals surface area contributed by atoms with E-state index < -0.39 is 5.54 Å². The second-order valence-corrected chi connectivity index (χ2v) is 6.24. The Kier molecular flexibility index (Phi) is 3.82. The number of nitrogens with zero attached hydrogens (tertiary/aromatic N) is 1. The van der Waals surface area contributed by atoms with Crippen LogP contribution in [-0.4, -0.2) is 16.3 Å². The number of rotatable bonds is 4. The number of nitrogen functional groups attached to an aromatic ring is 1. The molecule has 1 aliphatic heterocycles. The van der Waals surface area contributed by atoms with Gasteiger partial charge in [-0.1, -0.05) is 42.5 Å². The summed E-state index contributed by atoms with van der Waals surface area (Å²) in [7, 11) is 0. The van der Waals surface area contributed by atoms with Crippen LogP contribution < -0.4 is 11.1 Å². The Morgan fingerprint density at radius 1 is 1.04 bits per heavy atom. The van der Waals surface area contributed by atoms with Crippen molar-refractivity contribution in [3.8, 4) is 0 Å². The third-order valence-corrected chi connectivity index (χ3v) is 4.28. The Morgan fingerprint density at radius 3 is 2.39 bits per heavy atom. The van der Waals surface area contributed by atoms with Gasteiger partial charge < -0.3 is 16.0 Å². The van der Waals surface area contributed by atoms with E-state index in [1.54, 1.807) is 6.08 Å². The van der Waals surface area contributed by atoms with Crippen LogP contribution in [0.4, 0.5) is 11.4 Å². The first kappa shape index (κ1) is 15.2. The van der Waals surface area contributed by atoms with Crippen molar-refractivity contribution in [3.63, 3.8) is 0 Å². The van der Waals surface area contributed by atoms with Gasteiger partial charge in [-0.05, 0) is 31.5 Å². The first-order chi connectivity index (χ1) is 11.0. The number of hydrogen-bond donors (Lipinski definition) is 2. The van der Waals surface area contributed by atoms with E-state index in [-0.39, 0.29) is 5.91 Å². The molecule has 4 nitrogen and oxygen atoms in total. The fourth-order valence-electron chi connectivity index (χ4n) is 2.79. The molecule has 1 amide bonds. The monoisotopic (exact) mass is 307 g/mol. The predicted molar refractivity (Wildman–Crippen MR) is 93.6 cm³/mol. The van der Waals surface area contributed by atoms with Gasteiger partial charge in [0, 0.05) is 18.3 Å². The van der Waals surface area contributed by atoms with E-state index in [9.17, 15) is 4.79 Å². The lowest BCUT2D eigenvalue weighted by molar-refractivity contribution is -0.128. The maximum Gasteiger partial charge on any atom is 0.249 e. The van der Waals surface area contributed by atoms with E-state index in [0.29, 0.717) is 12.2 Å². The molecule has 0 spiro atoms. The number of carbonyl (C=O) groups is 1. The molecule has 118 valence electrons. The second-order valence-electron chi connectivity index (χ2n) is 6.24. The highest BCUT2D eigenvalue weighted by molar-refractivity contribution is 5.94. The van der Waals surface area contributed by atoms with Crippen LogP contribution in [0.5, 0.6) is 0 Å². The molecule has 0 saturated carbocycles. The molecule has 0 unspecified atom stereocenters. The highest BCUT2D eigenvalue weighted by Crippen LogP contribution is 2.34. The number of carbonyl (C=O) groups excluding carboxylic acids is 1. The van der Waals surface area contributed by atoms with Gasteiger partial charge in [0.05, 0.1) is 16.9 Å². The number of benzene rings is 2. The minimum atomic E-state index is -0.421. The zero-order valence-electron chi connectivity index (χ0n) is 13.4. The molecule has 0 radical (unpaired) electrons. The van der Waals surface area contributed by atoms with Crippen molar-refractivity contribution < 1.29 is 4.79 Å². The maximum absolute atomic E-state index is 12.5. The minimum absolute atomic E-state index is 0.0101. The second kappa shape index (κ2) is 5.80. The summed E-state index contributed by atoms with van der Waals surface area (Å²) in [5.41, 5.74) is 9.03. The molecule has 0 atom stereocenters. The van der Waals surface area contributed by atoms with Crippen LogP contribution in [0.15, 0.2) is 66.4 Å². The highest BCUT2D eigenvalue weighted by Gasteiger charge is 2.40. The first-order valence-electron chi connectivity index (χ1n) is 7.68. The summed E-state index contributed by atoms with van der Waals surface area (Å²) in [4.78, 5) is 14.3. The normalized spacial score (nSPS) is 16.3. The summed E-state index contributed by atoms with van der Waals surface area (Å²) in [6.07, 6.45) is 1.66. The van der Waals surface area contributed by atoms with Gasteiger partial charge in [-0.25, -0.2) is 0 Å². The lowest BCUT2D eigenvalue weighted by Gasteiger charge is -2.35. The molecule has 4 heteroatoms. The Bertz CT molecular complexity index is 750. The fraction of sp³-hybridized carbons (Fsp3) is 0.211. The largest absolute Gasteiger partial charge is 0.397 e. The molecule has 0 saturated heterocycles. The lowest BCUT2D eigenvalue weighted by Crippen LogP contribution is -2.44. The number of nitrogens with one attached hydrogen (secondary N) is 1. The van der Waals surface area contributed by atoms with Crippen LogP contribution in [-0.2, 0) is 11.3 Å². The molecule has 0 bridgehead atoms. The average molecular weight is 307 g/mol. The van der Waals surface area contributed by atoms with E-state index in [1.165, 1.54) is 0 Å². The average Bonchev–Trinajstić information content (AvgIpc) is 2.74. The summed E-state index contributed by atoms with van der Waals surface area (Å²) < 4.78 is 0. The number of anilines is 2. The van der Waals surface area contributed by atoms with Crippen LogP contribution in [0.25, 0.3) is 0 Å². The molecule has 1 aliphatic rings. The van der Waals surface area contributed by atoms with Gasteiger partial charge in [-0.15, -0.1) is 0 Å². The first-order valence-corrected chi connectivity index (χ1v) is 7.68. The van der Waals surface area contributed by atoms with Gasteiger partial charge in [-0.3, -0.25) is 4.79 Å². The molecule has 3 rings (SSSR count). The third-order valence-electron chi connectivity index (χ3n) is 4.28. The SMILES string of the molecule is CC1(C)C(Nc2ccccc2N)=CC(=O)N1Cc1ccccc1. The summed E-state index contributed by atoms with van der Waals surface area (Å²) >= 11 is 0. The maximum atomic E-state index is 12.5. The van der Waals surface area contributed by atoms with Crippen LogP contribution in [0.1, 0.15) is 19.4 Å². The Labute approximate surface area is 136 Å². The molecule has 0 aliphatic carbocycles. The van der Waals surface area contributed by atoms with Crippen molar-refractivity contribution in [2.45, 2.75) is 25.9 Å². The third kappa shape index (κ3) is 2.93. The van der Waals surface area contributed by atoms with Crippen LogP contribution in [0.2, 0.25) is 0 Å². The smallest absolute Gasteiger partial charge is 0.249 e. The van der Waals surface area contributed by atoms with Gasteiger partial charge in [0.1, 0.15) is 0 Å². The van der Waals surface area contributed by atoms with Crippen molar-refractivity contribution in [2.75, 3.05) is 11.1 Å². The van der Waals surface area contributed by atoms with Crippen LogP contribution in [0.3, 0.4) is 0 Å². The van der Waals surface area contributed by atoms with Gasteiger partial charge in [-0.2, -0.15) is 0 Å². The number of nitrogens with two attached hydrogens (primary N) is 1. The van der Waals surface area contributed by atoms with Crippen molar-refractivity contribution in [2.24, 2.45) is 0 Å². The molecule has 23 heavy (non-hydrogen) atoms. The quantitative estimate of drug-likeness (QED) is 0.851. The van der Waals surface area contributed by atoms with Gasteiger partial charge in [0.15, 0.2) is 0 Å². The molecule has 1 heterocycles. The molecule has 0 fully saturated rings. The van der Waals surface area contributed by atoms with Crippen molar-refractivity contribution >= 4 is 17.3 Å². The van der Waals surface area contributed by atoms with Crippen LogP contribution in [0, 0.1) is 0 Å². The zero-order valence-corrected chi connectivity index (χ0v) is 13.4. The van der Waals surface area contributed by atoms with Gasteiger partial charge in [0.2, 0.25) is 5.91 Å². The summed E-state index contributed by atoms with van der Waals surface area (Å²) in [5.74, 6) is 0.0101. The number of amides is 1. The molecular weight excluding hydrogens is 286 g/mol. The molecular formula is C19H21N3O. The van der Waals surface area contributed by atoms with E-state index >= 15 is 0 Å². The van der Waals surface area contributed by atoms with Gasteiger partial charge >= 0.3 is 0 Å². The zero-order chi connectivity index (χ0) is 16.4. The Hall–Kier alpha value is -2.75. The molecule has 2 aromatic rings. The number of para-hydroxylation sites is 2. The summed E-state index contributed by atoms with van der Waals surface area (Å²) in [5, 5.41) is 3.32. The van der Waals surface area contributed by atoms with Crippen molar-refractivity contribution in [3.05, 3.63) is 71.9 Å². The lowest BCUT2D eigenvalue weighted by atomic mass is 10.00. The van der Waals surface area contributed by atoms with Gasteiger partial charge in [0.25, 0.3) is 0 Å². The molecule has 2 aromatic carbocycles. The molecule has 0 aromatic heterocycles. The Balaban J connectivity index is 1.82. The van der Waals surface area contributed by atoms with E-state index in [2.05, 4.69) is 5.32 Å². The highest BCUT2D eigenvalue weighted by atomic mass is 16.2. The topological polar surface area (TPSA) is 58.4 Å². The standard InChI is InChI=1S/C19H21N3O/c1-19(2)17(21-16-11-7-6-10-15(16)20)12-18(23)22(19)13-14-8-4-3-5-9-14/h3-12,21H,13,20H2,1-2H3. The van der Waals surface area contributed by atoms with Crippen molar-refractivity contribution in [1.82, 2.24) is 4.90 Å². The molecule has 3 N–H and O–H groups in total. The number of hydrogen-bond acceptors (Lipinski definition) is 3.